The summed E-state index contributed by atoms with van der Waals surface area (Å²) in [5, 5.41) is 19.1. The Morgan fingerprint density at radius 3 is 2.57 bits per heavy atom. The predicted octanol–water partition coefficient (Wildman–Crippen LogP) is 0.317. The third-order valence-electron chi connectivity index (χ3n) is 3.05. The van der Waals surface area contributed by atoms with Crippen LogP contribution in [-0.4, -0.2) is 35.5 Å². The highest BCUT2D eigenvalue weighted by atomic mass is 16.5. The fraction of sp³-hybridized carbons (Fsp3) is 0.900. The first-order valence-electron chi connectivity index (χ1n) is 5.04. The summed E-state index contributed by atoms with van der Waals surface area (Å²) in [6.45, 7) is 1.94. The van der Waals surface area contributed by atoms with Crippen LogP contribution in [0.2, 0.25) is 0 Å². The van der Waals surface area contributed by atoms with Crippen LogP contribution in [0.1, 0.15) is 26.2 Å². The number of carbonyl (C=O) groups excluding carboxylic acids is 1. The SMILES string of the molecule is CCC1CC(C(=O)OC)C[C@@H](O)C1O. The van der Waals surface area contributed by atoms with Gasteiger partial charge in [0.15, 0.2) is 0 Å². The van der Waals surface area contributed by atoms with Gasteiger partial charge in [0.25, 0.3) is 0 Å². The van der Waals surface area contributed by atoms with Crippen molar-refractivity contribution in [3.63, 3.8) is 0 Å². The van der Waals surface area contributed by atoms with Gasteiger partial charge in [-0.25, -0.2) is 0 Å². The smallest absolute Gasteiger partial charge is 0.308 e. The molecule has 0 radical (unpaired) electrons. The molecule has 2 N–H and O–H groups in total. The molecule has 1 aliphatic carbocycles. The van der Waals surface area contributed by atoms with E-state index in [0.717, 1.165) is 6.42 Å². The molecule has 0 aromatic rings. The molecule has 0 saturated heterocycles. The molecule has 0 spiro atoms. The van der Waals surface area contributed by atoms with Gasteiger partial charge in [0.05, 0.1) is 25.2 Å². The number of ether oxygens (including phenoxy) is 1. The zero-order valence-electron chi connectivity index (χ0n) is 8.64. The first kappa shape index (κ1) is 11.5. The average Bonchev–Trinajstić information content (AvgIpc) is 2.20. The minimum Gasteiger partial charge on any atom is -0.469 e. The van der Waals surface area contributed by atoms with Crippen molar-refractivity contribution in [3.8, 4) is 0 Å². The summed E-state index contributed by atoms with van der Waals surface area (Å²) in [7, 11) is 1.35. The van der Waals surface area contributed by atoms with Crippen molar-refractivity contribution in [1.82, 2.24) is 0 Å². The molecule has 0 aromatic heterocycles. The summed E-state index contributed by atoms with van der Waals surface area (Å²) in [5.74, 6) is -0.541. The molecule has 1 saturated carbocycles. The molecule has 82 valence electrons. The standard InChI is InChI=1S/C10H18O4/c1-3-6-4-7(10(13)14-2)5-8(11)9(6)12/h6-9,11-12H,3-5H2,1-2H3/t6?,7?,8-,9?/m1/s1. The maximum absolute atomic E-state index is 11.3. The van der Waals surface area contributed by atoms with Gasteiger partial charge in [-0.2, -0.15) is 0 Å². The third kappa shape index (κ3) is 2.25. The van der Waals surface area contributed by atoms with Crippen LogP contribution in [0.5, 0.6) is 0 Å². The fourth-order valence-electron chi connectivity index (χ4n) is 2.11. The van der Waals surface area contributed by atoms with E-state index in [0.29, 0.717) is 12.8 Å². The molecule has 4 heteroatoms. The molecule has 0 heterocycles. The van der Waals surface area contributed by atoms with Gasteiger partial charge in [-0.05, 0) is 18.8 Å². The topological polar surface area (TPSA) is 66.8 Å². The van der Waals surface area contributed by atoms with Crippen LogP contribution in [0.3, 0.4) is 0 Å². The highest BCUT2D eigenvalue weighted by Crippen LogP contribution is 2.32. The molecule has 1 aliphatic rings. The summed E-state index contributed by atoms with van der Waals surface area (Å²) in [5.41, 5.74) is 0. The zero-order chi connectivity index (χ0) is 10.7. The van der Waals surface area contributed by atoms with Crippen LogP contribution < -0.4 is 0 Å². The van der Waals surface area contributed by atoms with Gasteiger partial charge in [-0.15, -0.1) is 0 Å². The average molecular weight is 202 g/mol. The molecule has 1 fully saturated rings. The Morgan fingerprint density at radius 2 is 2.07 bits per heavy atom. The van der Waals surface area contributed by atoms with Crippen LogP contribution in [-0.2, 0) is 9.53 Å². The number of esters is 1. The van der Waals surface area contributed by atoms with E-state index in [1.807, 2.05) is 6.92 Å². The number of methoxy groups -OCH3 is 1. The lowest BCUT2D eigenvalue weighted by molar-refractivity contribution is -0.152. The van der Waals surface area contributed by atoms with Crippen LogP contribution in [0, 0.1) is 11.8 Å². The number of aliphatic hydroxyl groups excluding tert-OH is 2. The molecule has 4 nitrogen and oxygen atoms in total. The fourth-order valence-corrected chi connectivity index (χ4v) is 2.11. The normalized spacial score (nSPS) is 38.0. The second-order valence-electron chi connectivity index (χ2n) is 3.92. The van der Waals surface area contributed by atoms with Gasteiger partial charge >= 0.3 is 5.97 Å². The number of rotatable bonds is 2. The van der Waals surface area contributed by atoms with Crippen molar-refractivity contribution >= 4 is 5.97 Å². The Balaban J connectivity index is 2.62. The van der Waals surface area contributed by atoms with E-state index in [-0.39, 0.29) is 17.8 Å². The van der Waals surface area contributed by atoms with Crippen molar-refractivity contribution in [3.05, 3.63) is 0 Å². The highest BCUT2D eigenvalue weighted by molar-refractivity contribution is 5.72. The van der Waals surface area contributed by atoms with Crippen molar-refractivity contribution in [1.29, 1.82) is 0 Å². The van der Waals surface area contributed by atoms with Crippen molar-refractivity contribution in [2.75, 3.05) is 7.11 Å². The lowest BCUT2D eigenvalue weighted by Gasteiger charge is -2.35. The van der Waals surface area contributed by atoms with Crippen LogP contribution >= 0.6 is 0 Å². The van der Waals surface area contributed by atoms with E-state index in [2.05, 4.69) is 4.74 Å². The Hall–Kier alpha value is -0.610. The maximum atomic E-state index is 11.3. The molecule has 14 heavy (non-hydrogen) atoms. The van der Waals surface area contributed by atoms with E-state index in [1.54, 1.807) is 0 Å². The summed E-state index contributed by atoms with van der Waals surface area (Å²) in [6.07, 6.45) is 0.205. The summed E-state index contributed by atoms with van der Waals surface area (Å²) < 4.78 is 4.63. The molecule has 0 amide bonds. The van der Waals surface area contributed by atoms with Gasteiger partial charge in [-0.3, -0.25) is 4.79 Å². The van der Waals surface area contributed by atoms with E-state index >= 15 is 0 Å². The van der Waals surface area contributed by atoms with Crippen molar-refractivity contribution in [2.45, 2.75) is 38.4 Å². The maximum Gasteiger partial charge on any atom is 0.308 e. The number of hydrogen-bond donors (Lipinski definition) is 2. The van der Waals surface area contributed by atoms with Gasteiger partial charge < -0.3 is 14.9 Å². The number of carbonyl (C=O) groups is 1. The zero-order valence-corrected chi connectivity index (χ0v) is 8.64. The van der Waals surface area contributed by atoms with Crippen LogP contribution in [0.25, 0.3) is 0 Å². The molecular formula is C10H18O4. The summed E-state index contributed by atoms with van der Waals surface area (Å²) in [6, 6.07) is 0. The monoisotopic (exact) mass is 202 g/mol. The number of hydrogen-bond acceptors (Lipinski definition) is 4. The van der Waals surface area contributed by atoms with Crippen LogP contribution in [0.4, 0.5) is 0 Å². The van der Waals surface area contributed by atoms with Gasteiger partial charge in [0.1, 0.15) is 0 Å². The van der Waals surface area contributed by atoms with E-state index in [1.165, 1.54) is 7.11 Å². The van der Waals surface area contributed by atoms with Gasteiger partial charge in [-0.1, -0.05) is 13.3 Å². The molecule has 0 aliphatic heterocycles. The van der Waals surface area contributed by atoms with E-state index in [4.69, 9.17) is 0 Å². The van der Waals surface area contributed by atoms with Crippen molar-refractivity contribution in [2.24, 2.45) is 11.8 Å². The second kappa shape index (κ2) is 4.75. The largest absolute Gasteiger partial charge is 0.469 e. The molecule has 0 bridgehead atoms. The van der Waals surface area contributed by atoms with Gasteiger partial charge in [0.2, 0.25) is 0 Å². The predicted molar refractivity (Wildman–Crippen MR) is 50.5 cm³/mol. The Kier molecular flexibility index (Phi) is 3.89. The van der Waals surface area contributed by atoms with Crippen LogP contribution in [0.15, 0.2) is 0 Å². The second-order valence-corrected chi connectivity index (χ2v) is 3.92. The first-order chi connectivity index (χ1) is 6.60. The molecule has 1 rings (SSSR count). The minimum atomic E-state index is -0.794. The molecule has 4 atom stereocenters. The first-order valence-corrected chi connectivity index (χ1v) is 5.04. The third-order valence-corrected chi connectivity index (χ3v) is 3.05. The van der Waals surface area contributed by atoms with Crippen molar-refractivity contribution < 1.29 is 19.7 Å². The lowest BCUT2D eigenvalue weighted by Crippen LogP contribution is -2.43. The lowest BCUT2D eigenvalue weighted by atomic mass is 9.76. The van der Waals surface area contributed by atoms with E-state index < -0.39 is 12.2 Å². The number of aliphatic hydroxyl groups is 2. The molecule has 3 unspecified atom stereocenters. The minimum absolute atomic E-state index is 0.00264. The molecular weight excluding hydrogens is 184 g/mol. The quantitative estimate of drug-likeness (QED) is 0.633. The Morgan fingerprint density at radius 1 is 1.43 bits per heavy atom. The Labute approximate surface area is 83.9 Å². The van der Waals surface area contributed by atoms with Gasteiger partial charge in [0, 0.05) is 0 Å². The Bertz CT molecular complexity index is 204. The summed E-state index contributed by atoms with van der Waals surface area (Å²) in [4.78, 5) is 11.3. The molecule has 0 aromatic carbocycles. The highest BCUT2D eigenvalue weighted by Gasteiger charge is 2.38. The van der Waals surface area contributed by atoms with E-state index in [9.17, 15) is 15.0 Å². The summed E-state index contributed by atoms with van der Waals surface area (Å²) >= 11 is 0.